The van der Waals surface area contributed by atoms with Gasteiger partial charge in [0.1, 0.15) is 0 Å². The third-order valence-electron chi connectivity index (χ3n) is 15.0. The number of anilines is 3. The highest BCUT2D eigenvalue weighted by Crippen LogP contribution is 2.54. The van der Waals surface area contributed by atoms with Crippen LogP contribution >= 0.6 is 0 Å². The average Bonchev–Trinajstić information content (AvgIpc) is 4.00. The first-order valence-corrected chi connectivity index (χ1v) is 22.5. The largest absolute Gasteiger partial charge is 0.310 e. The van der Waals surface area contributed by atoms with Gasteiger partial charge in [-0.2, -0.15) is 0 Å². The Kier molecular flexibility index (Phi) is 9.18. The van der Waals surface area contributed by atoms with Gasteiger partial charge in [0.05, 0.1) is 0 Å². The van der Waals surface area contributed by atoms with Crippen LogP contribution in [-0.4, -0.2) is 0 Å². The highest BCUT2D eigenvalue weighted by atomic mass is 15.1. The Hall–Kier alpha value is -5.66. The van der Waals surface area contributed by atoms with Crippen LogP contribution in [0.25, 0.3) is 44.5 Å². The summed E-state index contributed by atoms with van der Waals surface area (Å²) in [6.45, 7) is 4.83. The topological polar surface area (TPSA) is 3.24 Å². The molecule has 2 bridgehead atoms. The van der Waals surface area contributed by atoms with Crippen LogP contribution in [0.3, 0.4) is 0 Å². The molecule has 0 heterocycles. The minimum absolute atomic E-state index is 0.143. The summed E-state index contributed by atoms with van der Waals surface area (Å²) in [4.78, 5) is 2.53. The van der Waals surface area contributed by atoms with Gasteiger partial charge in [-0.05, 0) is 165 Å². The molecule has 4 aliphatic carbocycles. The van der Waals surface area contributed by atoms with Crippen LogP contribution in [0.5, 0.6) is 0 Å². The van der Waals surface area contributed by atoms with E-state index in [2.05, 4.69) is 183 Å². The molecule has 59 heavy (non-hydrogen) atoms. The maximum Gasteiger partial charge on any atom is 0.0467 e. The lowest BCUT2D eigenvalue weighted by atomic mass is 9.81. The molecular formula is C58H55N. The lowest BCUT2D eigenvalue weighted by Crippen LogP contribution is -2.16. The number of hydrogen-bond acceptors (Lipinski definition) is 1. The Morgan fingerprint density at radius 1 is 0.441 bits per heavy atom. The summed E-state index contributed by atoms with van der Waals surface area (Å²) in [5.74, 6) is 3.18. The van der Waals surface area contributed by atoms with Crippen molar-refractivity contribution in [3.8, 4) is 44.5 Å². The molecule has 0 radical (unpaired) electrons. The summed E-state index contributed by atoms with van der Waals surface area (Å²) in [6.07, 6.45) is 12.3. The smallest absolute Gasteiger partial charge is 0.0467 e. The second kappa shape index (κ2) is 14.9. The minimum Gasteiger partial charge on any atom is -0.310 e. The van der Waals surface area contributed by atoms with E-state index in [1.54, 1.807) is 0 Å². The normalized spacial score (nSPS) is 20.3. The van der Waals surface area contributed by atoms with Gasteiger partial charge in [-0.15, -0.1) is 0 Å². The molecule has 1 nitrogen and oxygen atoms in total. The lowest BCUT2D eigenvalue weighted by Gasteiger charge is -2.29. The molecule has 0 aromatic heterocycles. The van der Waals surface area contributed by atoms with Crippen molar-refractivity contribution in [2.75, 3.05) is 4.90 Å². The third kappa shape index (κ3) is 6.46. The van der Waals surface area contributed by atoms with Crippen LogP contribution in [0.15, 0.2) is 164 Å². The van der Waals surface area contributed by atoms with Crippen LogP contribution in [0.2, 0.25) is 0 Å². The first-order chi connectivity index (χ1) is 29.0. The zero-order valence-corrected chi connectivity index (χ0v) is 34.7. The monoisotopic (exact) mass is 765 g/mol. The molecule has 4 aliphatic rings. The fourth-order valence-corrected chi connectivity index (χ4v) is 12.0. The third-order valence-corrected chi connectivity index (χ3v) is 15.0. The van der Waals surface area contributed by atoms with Crippen LogP contribution in [0.4, 0.5) is 17.1 Å². The molecule has 292 valence electrons. The van der Waals surface area contributed by atoms with Gasteiger partial charge >= 0.3 is 0 Å². The van der Waals surface area contributed by atoms with Crippen molar-refractivity contribution in [1.29, 1.82) is 0 Å². The van der Waals surface area contributed by atoms with Gasteiger partial charge in [0.2, 0.25) is 0 Å². The number of benzene rings is 7. The zero-order valence-electron chi connectivity index (χ0n) is 34.7. The Bertz CT molecular complexity index is 2640. The Labute approximate surface area is 351 Å². The van der Waals surface area contributed by atoms with Crippen molar-refractivity contribution in [2.45, 2.75) is 88.9 Å². The van der Waals surface area contributed by atoms with Crippen molar-refractivity contribution < 1.29 is 0 Å². The maximum atomic E-state index is 2.53. The standard InChI is InChI=1S/C58H55N/c1-58(2)56-33-28-45(52-23-12-10-21-50(52)41-16-7-4-8-17-41)37-55(56)53-32-31-48(38-57(53)58)59(46-29-26-42(27-30-46)54-35-39-24-25-44(54)34-39)47-19-13-18-43(36-47)51-22-11-9-20-49(51)40-14-5-3-6-15-40/h4,7-13,16-23,26-33,36-40,44,54H,3,5-6,14-15,24-25,34-35H2,1-2H3. The molecule has 11 rings (SSSR count). The Morgan fingerprint density at radius 2 is 1.12 bits per heavy atom. The first kappa shape index (κ1) is 36.4. The van der Waals surface area contributed by atoms with Gasteiger partial charge in [0.25, 0.3) is 0 Å². The highest BCUT2D eigenvalue weighted by molar-refractivity contribution is 5.91. The Morgan fingerprint density at radius 3 is 1.88 bits per heavy atom. The maximum absolute atomic E-state index is 2.53. The summed E-state index contributed by atoms with van der Waals surface area (Å²) in [5, 5.41) is 0. The molecule has 0 spiro atoms. The van der Waals surface area contributed by atoms with E-state index in [0.717, 1.165) is 17.8 Å². The molecule has 3 unspecified atom stereocenters. The van der Waals surface area contributed by atoms with E-state index in [4.69, 9.17) is 0 Å². The molecule has 0 saturated heterocycles. The fraction of sp³-hybridized carbons (Fsp3) is 0.276. The first-order valence-electron chi connectivity index (χ1n) is 22.5. The molecule has 7 aromatic rings. The quantitative estimate of drug-likeness (QED) is 0.149. The number of rotatable bonds is 8. The summed E-state index contributed by atoms with van der Waals surface area (Å²) >= 11 is 0. The number of nitrogens with zero attached hydrogens (tertiary/aromatic N) is 1. The summed E-state index contributed by atoms with van der Waals surface area (Å²) in [5.41, 5.74) is 19.8. The van der Waals surface area contributed by atoms with Crippen LogP contribution in [0.1, 0.15) is 106 Å². The fourth-order valence-electron chi connectivity index (χ4n) is 12.0. The van der Waals surface area contributed by atoms with E-state index in [1.165, 1.54) is 142 Å². The summed E-state index contributed by atoms with van der Waals surface area (Å²) < 4.78 is 0. The lowest BCUT2D eigenvalue weighted by molar-refractivity contribution is 0.420. The summed E-state index contributed by atoms with van der Waals surface area (Å²) in [7, 11) is 0. The second-order valence-electron chi connectivity index (χ2n) is 18.7. The molecule has 0 aliphatic heterocycles. The molecule has 0 amide bonds. The van der Waals surface area contributed by atoms with E-state index >= 15 is 0 Å². The SMILES string of the molecule is CC1(C)c2ccc(-c3ccccc3-c3ccccc3)cc2-c2ccc(N(c3ccc(C4CC5CCC4C5)cc3)c3cccc(-c4ccccc4C4CCCCC4)c3)cc21. The predicted molar refractivity (Wildman–Crippen MR) is 249 cm³/mol. The van der Waals surface area contributed by atoms with E-state index in [0.29, 0.717) is 5.92 Å². The van der Waals surface area contributed by atoms with Crippen molar-refractivity contribution in [2.24, 2.45) is 11.8 Å². The van der Waals surface area contributed by atoms with Gasteiger partial charge < -0.3 is 4.90 Å². The molecule has 7 aromatic carbocycles. The van der Waals surface area contributed by atoms with Gasteiger partial charge in [-0.25, -0.2) is 0 Å². The van der Waals surface area contributed by atoms with E-state index in [-0.39, 0.29) is 5.41 Å². The molecule has 1 heteroatoms. The second-order valence-corrected chi connectivity index (χ2v) is 18.7. The molecule has 0 N–H and O–H groups in total. The van der Waals surface area contributed by atoms with Crippen LogP contribution in [0, 0.1) is 11.8 Å². The Balaban J connectivity index is 1.01. The van der Waals surface area contributed by atoms with Gasteiger partial charge in [0, 0.05) is 22.5 Å². The van der Waals surface area contributed by atoms with Crippen LogP contribution < -0.4 is 4.90 Å². The number of fused-ring (bicyclic) bond motifs is 5. The van der Waals surface area contributed by atoms with Crippen molar-refractivity contribution in [3.05, 3.63) is 186 Å². The van der Waals surface area contributed by atoms with Gasteiger partial charge in [-0.1, -0.05) is 161 Å². The van der Waals surface area contributed by atoms with Gasteiger partial charge in [0.15, 0.2) is 0 Å². The van der Waals surface area contributed by atoms with Crippen molar-refractivity contribution in [1.82, 2.24) is 0 Å². The zero-order chi connectivity index (χ0) is 39.5. The molecule has 3 saturated carbocycles. The predicted octanol–water partition coefficient (Wildman–Crippen LogP) is 16.4. The van der Waals surface area contributed by atoms with E-state index in [1.807, 2.05) is 0 Å². The van der Waals surface area contributed by atoms with Crippen molar-refractivity contribution >= 4 is 17.1 Å². The van der Waals surface area contributed by atoms with E-state index in [9.17, 15) is 0 Å². The molecular weight excluding hydrogens is 711 g/mol. The average molecular weight is 766 g/mol. The van der Waals surface area contributed by atoms with Crippen LogP contribution in [-0.2, 0) is 5.41 Å². The number of hydrogen-bond donors (Lipinski definition) is 0. The van der Waals surface area contributed by atoms with E-state index < -0.39 is 0 Å². The summed E-state index contributed by atoms with van der Waals surface area (Å²) in [6, 6.07) is 62.5. The molecule has 3 fully saturated rings. The van der Waals surface area contributed by atoms with Gasteiger partial charge in [-0.3, -0.25) is 0 Å². The molecule has 3 atom stereocenters. The van der Waals surface area contributed by atoms with Crippen molar-refractivity contribution in [3.63, 3.8) is 0 Å². The highest BCUT2D eigenvalue weighted by Gasteiger charge is 2.40. The minimum atomic E-state index is -0.143.